The van der Waals surface area contributed by atoms with Crippen molar-refractivity contribution in [2.24, 2.45) is 11.8 Å². The molecule has 0 amide bonds. The average Bonchev–Trinajstić information content (AvgIpc) is 2.80. The molecule has 2 rings (SSSR count). The monoisotopic (exact) mass is 422 g/mol. The van der Waals surface area contributed by atoms with E-state index >= 15 is 0 Å². The molecule has 2 atom stereocenters. The predicted octanol–water partition coefficient (Wildman–Crippen LogP) is 9.12. The van der Waals surface area contributed by atoms with Crippen LogP contribution in [0.15, 0.2) is 60.7 Å². The number of unbranched alkanes of at least 4 members (excludes halogenated alkanes) is 6. The van der Waals surface area contributed by atoms with E-state index in [1.807, 2.05) is 0 Å². The maximum atomic E-state index is 4.01. The summed E-state index contributed by atoms with van der Waals surface area (Å²) in [5.74, 6) is 1.01. The summed E-state index contributed by atoms with van der Waals surface area (Å²) in [5, 5.41) is 8.02. The fraction of sp³-hybridized carbons (Fsp3) is 0.586. The number of hydrogen-bond donors (Lipinski definition) is 2. The van der Waals surface area contributed by atoms with Crippen molar-refractivity contribution >= 4 is 11.4 Å². The van der Waals surface area contributed by atoms with E-state index in [1.165, 1.54) is 75.6 Å². The molecular formula is C29H46N2. The first-order valence-electron chi connectivity index (χ1n) is 12.8. The summed E-state index contributed by atoms with van der Waals surface area (Å²) in [6, 6.07) is 21.5. The van der Waals surface area contributed by atoms with Crippen molar-refractivity contribution in [3.05, 3.63) is 60.7 Å². The molecule has 0 aliphatic heterocycles. The van der Waals surface area contributed by atoms with E-state index in [1.54, 1.807) is 0 Å². The number of nitrogens with one attached hydrogen (secondary N) is 2. The van der Waals surface area contributed by atoms with Gasteiger partial charge in [0, 0.05) is 11.4 Å². The van der Waals surface area contributed by atoms with Crippen LogP contribution in [0.2, 0.25) is 0 Å². The van der Waals surface area contributed by atoms with Crippen LogP contribution >= 0.6 is 0 Å². The third kappa shape index (κ3) is 8.24. The van der Waals surface area contributed by atoms with Crippen LogP contribution in [0.5, 0.6) is 0 Å². The minimum Gasteiger partial charge on any atom is -0.362 e. The third-order valence-corrected chi connectivity index (χ3v) is 6.79. The maximum absolute atomic E-state index is 4.01. The topological polar surface area (TPSA) is 24.1 Å². The van der Waals surface area contributed by atoms with Crippen molar-refractivity contribution in [3.63, 3.8) is 0 Å². The lowest BCUT2D eigenvalue weighted by Crippen LogP contribution is -2.56. The standard InChI is InChI=1S/C29H46N2/c1-5-7-9-13-19-25(3)29(26(4)20-14-10-8-6-2,30-27-21-15-11-16-22-27)31-28-23-17-12-18-24-28/h11-12,15-18,21-26,30-31H,5-10,13-14,19-20H2,1-4H3. The van der Waals surface area contributed by atoms with Crippen LogP contribution in [0, 0.1) is 11.8 Å². The molecule has 0 fully saturated rings. The summed E-state index contributed by atoms with van der Waals surface area (Å²) < 4.78 is 0. The average molecular weight is 423 g/mol. The van der Waals surface area contributed by atoms with Crippen LogP contribution in [-0.4, -0.2) is 5.66 Å². The van der Waals surface area contributed by atoms with E-state index in [2.05, 4.69) is 99.0 Å². The molecule has 2 aromatic rings. The Labute approximate surface area is 192 Å². The highest BCUT2D eigenvalue weighted by atomic mass is 15.2. The zero-order valence-electron chi connectivity index (χ0n) is 20.5. The molecule has 0 saturated carbocycles. The zero-order valence-corrected chi connectivity index (χ0v) is 20.5. The molecule has 0 aromatic heterocycles. The second kappa shape index (κ2) is 14.2. The van der Waals surface area contributed by atoms with Crippen molar-refractivity contribution in [2.75, 3.05) is 10.6 Å². The fourth-order valence-electron chi connectivity index (χ4n) is 4.74. The van der Waals surface area contributed by atoms with Gasteiger partial charge in [0.15, 0.2) is 0 Å². The van der Waals surface area contributed by atoms with Gasteiger partial charge in [-0.25, -0.2) is 0 Å². The second-order valence-corrected chi connectivity index (χ2v) is 9.35. The SMILES string of the molecule is CCCCCCC(C)C(Nc1ccccc1)(Nc1ccccc1)C(C)CCCCCC. The van der Waals surface area contributed by atoms with Crippen LogP contribution in [0.3, 0.4) is 0 Å². The second-order valence-electron chi connectivity index (χ2n) is 9.35. The van der Waals surface area contributed by atoms with Crippen LogP contribution in [0.1, 0.15) is 91.9 Å². The van der Waals surface area contributed by atoms with Crippen molar-refractivity contribution in [1.82, 2.24) is 0 Å². The Balaban J connectivity index is 2.31. The molecule has 0 aliphatic carbocycles. The fourth-order valence-corrected chi connectivity index (χ4v) is 4.74. The van der Waals surface area contributed by atoms with E-state index in [4.69, 9.17) is 0 Å². The first kappa shape index (κ1) is 25.3. The summed E-state index contributed by atoms with van der Waals surface area (Å²) in [7, 11) is 0. The Morgan fingerprint density at radius 2 is 0.968 bits per heavy atom. The van der Waals surface area contributed by atoms with Gasteiger partial charge in [-0.15, -0.1) is 0 Å². The molecule has 172 valence electrons. The minimum atomic E-state index is -0.179. The quantitative estimate of drug-likeness (QED) is 0.208. The highest BCUT2D eigenvalue weighted by Crippen LogP contribution is 2.37. The van der Waals surface area contributed by atoms with Gasteiger partial charge in [-0.05, 0) is 48.9 Å². The summed E-state index contributed by atoms with van der Waals surface area (Å²) >= 11 is 0. The minimum absolute atomic E-state index is 0.179. The predicted molar refractivity (Wildman–Crippen MR) is 139 cm³/mol. The first-order valence-corrected chi connectivity index (χ1v) is 12.8. The number of rotatable bonds is 16. The Morgan fingerprint density at radius 3 is 1.32 bits per heavy atom. The smallest absolute Gasteiger partial charge is 0.113 e. The van der Waals surface area contributed by atoms with Gasteiger partial charge in [-0.1, -0.05) is 115 Å². The molecule has 0 heterocycles. The van der Waals surface area contributed by atoms with Crippen molar-refractivity contribution < 1.29 is 0 Å². The molecule has 0 aliphatic rings. The molecule has 0 radical (unpaired) electrons. The Bertz CT molecular complexity index is 621. The lowest BCUT2D eigenvalue weighted by molar-refractivity contribution is 0.226. The summed E-state index contributed by atoms with van der Waals surface area (Å²) in [4.78, 5) is 0. The summed E-state index contributed by atoms with van der Waals surface area (Å²) in [5.41, 5.74) is 2.22. The van der Waals surface area contributed by atoms with Crippen molar-refractivity contribution in [2.45, 2.75) is 97.6 Å². The molecular weight excluding hydrogens is 376 g/mol. The van der Waals surface area contributed by atoms with Gasteiger partial charge in [0.1, 0.15) is 5.66 Å². The largest absolute Gasteiger partial charge is 0.362 e. The molecule has 2 heteroatoms. The zero-order chi connectivity index (χ0) is 22.4. The van der Waals surface area contributed by atoms with Crippen LogP contribution in [-0.2, 0) is 0 Å². The van der Waals surface area contributed by atoms with Gasteiger partial charge in [0.05, 0.1) is 0 Å². The van der Waals surface area contributed by atoms with Gasteiger partial charge in [0.2, 0.25) is 0 Å². The molecule has 0 saturated heterocycles. The van der Waals surface area contributed by atoms with Crippen LogP contribution in [0.4, 0.5) is 11.4 Å². The third-order valence-electron chi connectivity index (χ3n) is 6.79. The molecule has 0 bridgehead atoms. The molecule has 2 aromatic carbocycles. The lowest BCUT2D eigenvalue weighted by Gasteiger charge is -2.47. The highest BCUT2D eigenvalue weighted by Gasteiger charge is 2.40. The van der Waals surface area contributed by atoms with Gasteiger partial charge in [-0.2, -0.15) is 0 Å². The molecule has 0 spiro atoms. The Hall–Kier alpha value is -1.96. The van der Waals surface area contributed by atoms with Gasteiger partial charge < -0.3 is 10.6 Å². The van der Waals surface area contributed by atoms with Gasteiger partial charge in [-0.3, -0.25) is 0 Å². The molecule has 2 nitrogen and oxygen atoms in total. The first-order chi connectivity index (χ1) is 15.1. The van der Waals surface area contributed by atoms with E-state index in [9.17, 15) is 0 Å². The number of hydrogen-bond acceptors (Lipinski definition) is 2. The van der Waals surface area contributed by atoms with Crippen LogP contribution < -0.4 is 10.6 Å². The highest BCUT2D eigenvalue weighted by molar-refractivity contribution is 5.52. The normalized spacial score (nSPS) is 13.5. The lowest BCUT2D eigenvalue weighted by atomic mass is 9.77. The van der Waals surface area contributed by atoms with E-state index in [0.29, 0.717) is 11.8 Å². The Kier molecular flexibility index (Phi) is 11.6. The van der Waals surface area contributed by atoms with Gasteiger partial charge >= 0.3 is 0 Å². The maximum Gasteiger partial charge on any atom is 0.113 e. The Morgan fingerprint density at radius 1 is 0.581 bits per heavy atom. The number of para-hydroxylation sites is 2. The van der Waals surface area contributed by atoms with E-state index in [-0.39, 0.29) is 5.66 Å². The summed E-state index contributed by atoms with van der Waals surface area (Å²) in [6.45, 7) is 9.47. The number of anilines is 2. The van der Waals surface area contributed by atoms with E-state index < -0.39 is 0 Å². The van der Waals surface area contributed by atoms with Gasteiger partial charge in [0.25, 0.3) is 0 Å². The molecule has 31 heavy (non-hydrogen) atoms. The van der Waals surface area contributed by atoms with Crippen molar-refractivity contribution in [3.8, 4) is 0 Å². The molecule has 2 unspecified atom stereocenters. The molecule has 2 N–H and O–H groups in total. The number of benzene rings is 2. The van der Waals surface area contributed by atoms with Crippen molar-refractivity contribution in [1.29, 1.82) is 0 Å². The summed E-state index contributed by atoms with van der Waals surface area (Å²) in [6.07, 6.45) is 13.0. The van der Waals surface area contributed by atoms with E-state index in [0.717, 1.165) is 0 Å². The van der Waals surface area contributed by atoms with Crippen LogP contribution in [0.25, 0.3) is 0 Å².